The Morgan fingerprint density at radius 2 is 2.45 bits per heavy atom. The number of ether oxygens (including phenoxy) is 1. The Balaban J connectivity index is 2.95. The highest BCUT2D eigenvalue weighted by Gasteiger charge is 2.00. The van der Waals surface area contributed by atoms with E-state index in [0.29, 0.717) is 0 Å². The molecule has 0 aliphatic rings. The van der Waals surface area contributed by atoms with Gasteiger partial charge in [0.25, 0.3) is 0 Å². The molecule has 5 heteroatoms. The third-order valence-corrected chi connectivity index (χ3v) is 0.944. The minimum Gasteiger partial charge on any atom is -0.421 e. The van der Waals surface area contributed by atoms with Gasteiger partial charge in [0.05, 0.1) is 6.20 Å². The quantitative estimate of drug-likeness (QED) is 0.563. The lowest BCUT2D eigenvalue weighted by Crippen LogP contribution is -2.14. The smallest absolute Gasteiger partial charge is 0.308 e. The van der Waals surface area contributed by atoms with E-state index in [0.717, 1.165) is 0 Å². The molecule has 5 nitrogen and oxygen atoms in total. The molecule has 0 aliphatic carbocycles. The van der Waals surface area contributed by atoms with Crippen molar-refractivity contribution in [1.29, 1.82) is 0 Å². The van der Waals surface area contributed by atoms with Crippen LogP contribution >= 0.6 is 0 Å². The molecule has 58 valence electrons. The van der Waals surface area contributed by atoms with Crippen LogP contribution in [0.2, 0.25) is 0 Å². The zero-order valence-corrected chi connectivity index (χ0v) is 5.83. The van der Waals surface area contributed by atoms with Gasteiger partial charge in [0.2, 0.25) is 0 Å². The molecule has 0 bridgehead atoms. The highest BCUT2D eigenvalue weighted by Crippen LogP contribution is 1.97. The van der Waals surface area contributed by atoms with Gasteiger partial charge in [-0.1, -0.05) is 0 Å². The van der Waals surface area contributed by atoms with Crippen LogP contribution in [0.5, 0.6) is 5.75 Å². The SMILES string of the molecule is CC(=O)Oc1ccn[nH]c1=O. The number of nitrogens with one attached hydrogen (secondary N) is 1. The summed E-state index contributed by atoms with van der Waals surface area (Å²) in [6, 6.07) is 1.32. The lowest BCUT2D eigenvalue weighted by atomic mass is 10.5. The number of nitrogens with zero attached hydrogens (tertiary/aromatic N) is 1. The minimum atomic E-state index is -0.526. The molecule has 0 unspecified atom stereocenters. The van der Waals surface area contributed by atoms with Crippen LogP contribution in [0.25, 0.3) is 0 Å². The van der Waals surface area contributed by atoms with E-state index in [-0.39, 0.29) is 5.75 Å². The summed E-state index contributed by atoms with van der Waals surface area (Å²) in [6.07, 6.45) is 1.33. The van der Waals surface area contributed by atoms with Crippen LogP contribution in [0.4, 0.5) is 0 Å². The van der Waals surface area contributed by atoms with Gasteiger partial charge in [-0.25, -0.2) is 5.10 Å². The summed E-state index contributed by atoms with van der Waals surface area (Å²) in [5.74, 6) is -0.561. The van der Waals surface area contributed by atoms with Crippen LogP contribution in [0, 0.1) is 0 Å². The molecule has 0 saturated heterocycles. The Morgan fingerprint density at radius 3 is 3.00 bits per heavy atom. The second-order valence-electron chi connectivity index (χ2n) is 1.84. The van der Waals surface area contributed by atoms with Crippen molar-refractivity contribution in [2.24, 2.45) is 0 Å². The maximum absolute atomic E-state index is 10.8. The number of aromatic amines is 1. The molecule has 11 heavy (non-hydrogen) atoms. The van der Waals surface area contributed by atoms with Gasteiger partial charge in [0.15, 0.2) is 5.75 Å². The molecular weight excluding hydrogens is 148 g/mol. The van der Waals surface area contributed by atoms with E-state index < -0.39 is 11.5 Å². The van der Waals surface area contributed by atoms with Crippen LogP contribution in [-0.4, -0.2) is 16.2 Å². The van der Waals surface area contributed by atoms with Crippen molar-refractivity contribution in [3.8, 4) is 5.75 Å². The molecule has 0 atom stereocenters. The molecule has 1 aromatic heterocycles. The summed E-state index contributed by atoms with van der Waals surface area (Å²) < 4.78 is 4.52. The van der Waals surface area contributed by atoms with E-state index in [1.807, 2.05) is 0 Å². The molecule has 0 aromatic carbocycles. The number of rotatable bonds is 1. The average Bonchev–Trinajstić information content (AvgIpc) is 1.93. The molecule has 0 fully saturated rings. The van der Waals surface area contributed by atoms with Gasteiger partial charge < -0.3 is 4.74 Å². The maximum atomic E-state index is 10.8. The summed E-state index contributed by atoms with van der Waals surface area (Å²) in [6.45, 7) is 1.22. The van der Waals surface area contributed by atoms with Gasteiger partial charge in [-0.15, -0.1) is 0 Å². The number of hydrogen-bond donors (Lipinski definition) is 1. The van der Waals surface area contributed by atoms with Crippen molar-refractivity contribution in [2.75, 3.05) is 0 Å². The van der Waals surface area contributed by atoms with Gasteiger partial charge in [0.1, 0.15) is 0 Å². The van der Waals surface area contributed by atoms with E-state index in [2.05, 4.69) is 14.9 Å². The summed E-state index contributed by atoms with van der Waals surface area (Å²) in [7, 11) is 0. The molecule has 0 amide bonds. The Kier molecular flexibility index (Phi) is 2.00. The minimum absolute atomic E-state index is 0.0347. The zero-order chi connectivity index (χ0) is 8.27. The Morgan fingerprint density at radius 1 is 1.73 bits per heavy atom. The Labute approximate surface area is 62.0 Å². The first-order valence-electron chi connectivity index (χ1n) is 2.92. The molecule has 1 aromatic rings. The third kappa shape index (κ3) is 1.89. The van der Waals surface area contributed by atoms with Crippen molar-refractivity contribution in [2.45, 2.75) is 6.92 Å². The molecule has 1 rings (SSSR count). The summed E-state index contributed by atoms with van der Waals surface area (Å²) in [5.41, 5.74) is -0.511. The fourth-order valence-electron chi connectivity index (χ4n) is 0.567. The van der Waals surface area contributed by atoms with Gasteiger partial charge >= 0.3 is 11.5 Å². The lowest BCUT2D eigenvalue weighted by Gasteiger charge is -1.95. The zero-order valence-electron chi connectivity index (χ0n) is 5.83. The van der Waals surface area contributed by atoms with E-state index >= 15 is 0 Å². The lowest BCUT2D eigenvalue weighted by molar-refractivity contribution is -0.131. The Hall–Kier alpha value is -1.65. The molecule has 0 radical (unpaired) electrons. The highest BCUT2D eigenvalue weighted by atomic mass is 16.5. The maximum Gasteiger partial charge on any atom is 0.308 e. The molecule has 0 saturated carbocycles. The number of carbonyl (C=O) groups excluding carboxylic acids is 1. The largest absolute Gasteiger partial charge is 0.421 e. The van der Waals surface area contributed by atoms with Gasteiger partial charge in [-0.3, -0.25) is 9.59 Å². The van der Waals surface area contributed by atoms with Crippen molar-refractivity contribution >= 4 is 5.97 Å². The fourth-order valence-corrected chi connectivity index (χ4v) is 0.567. The summed E-state index contributed by atoms with van der Waals surface area (Å²) in [4.78, 5) is 21.1. The molecule has 0 spiro atoms. The van der Waals surface area contributed by atoms with E-state index in [1.54, 1.807) is 0 Å². The number of aromatic nitrogens is 2. The first-order valence-corrected chi connectivity index (χ1v) is 2.92. The standard InChI is InChI=1S/C6H6N2O3/c1-4(9)11-5-2-3-7-8-6(5)10/h2-3H,1H3,(H,8,10). The first kappa shape index (κ1) is 7.46. The third-order valence-electron chi connectivity index (χ3n) is 0.944. The highest BCUT2D eigenvalue weighted by molar-refractivity contribution is 5.68. The summed E-state index contributed by atoms with van der Waals surface area (Å²) in [5, 5.41) is 5.55. The Bertz CT molecular complexity index is 318. The van der Waals surface area contributed by atoms with Gasteiger partial charge in [-0.05, 0) is 0 Å². The second kappa shape index (κ2) is 2.96. The van der Waals surface area contributed by atoms with Crippen LogP contribution in [-0.2, 0) is 4.79 Å². The monoisotopic (exact) mass is 154 g/mol. The normalized spacial score (nSPS) is 9.18. The molecular formula is C6H6N2O3. The molecule has 1 heterocycles. The number of carbonyl (C=O) groups is 1. The van der Waals surface area contributed by atoms with Crippen molar-refractivity contribution in [1.82, 2.24) is 10.2 Å². The first-order chi connectivity index (χ1) is 5.20. The van der Waals surface area contributed by atoms with E-state index in [9.17, 15) is 9.59 Å². The average molecular weight is 154 g/mol. The van der Waals surface area contributed by atoms with Crippen LogP contribution in [0.1, 0.15) is 6.92 Å². The van der Waals surface area contributed by atoms with Gasteiger partial charge in [0, 0.05) is 13.0 Å². The van der Waals surface area contributed by atoms with E-state index in [4.69, 9.17) is 0 Å². The van der Waals surface area contributed by atoms with Crippen LogP contribution in [0.15, 0.2) is 17.1 Å². The molecule has 1 N–H and O–H groups in total. The summed E-state index contributed by atoms with van der Waals surface area (Å²) >= 11 is 0. The number of H-pyrrole nitrogens is 1. The fraction of sp³-hybridized carbons (Fsp3) is 0.167. The van der Waals surface area contributed by atoms with Crippen molar-refractivity contribution in [3.05, 3.63) is 22.6 Å². The second-order valence-corrected chi connectivity index (χ2v) is 1.84. The number of hydrogen-bond acceptors (Lipinski definition) is 4. The van der Waals surface area contributed by atoms with Crippen LogP contribution < -0.4 is 10.3 Å². The predicted octanol–water partition coefficient (Wildman–Crippen LogP) is -0.305. The van der Waals surface area contributed by atoms with Crippen molar-refractivity contribution in [3.63, 3.8) is 0 Å². The van der Waals surface area contributed by atoms with E-state index in [1.165, 1.54) is 19.2 Å². The van der Waals surface area contributed by atoms with Gasteiger partial charge in [-0.2, -0.15) is 5.10 Å². The predicted molar refractivity (Wildman–Crippen MR) is 36.2 cm³/mol. The molecule has 0 aliphatic heterocycles. The van der Waals surface area contributed by atoms with Crippen LogP contribution in [0.3, 0.4) is 0 Å². The topological polar surface area (TPSA) is 72.0 Å². The number of esters is 1. The van der Waals surface area contributed by atoms with Crippen molar-refractivity contribution < 1.29 is 9.53 Å².